The molecule has 122 valence electrons. The van der Waals surface area contributed by atoms with Crippen molar-refractivity contribution < 1.29 is 14.3 Å². The molecule has 1 aliphatic rings. The molecule has 1 aromatic carbocycles. The van der Waals surface area contributed by atoms with E-state index in [1.165, 1.54) is 5.56 Å². The van der Waals surface area contributed by atoms with E-state index in [2.05, 4.69) is 31.2 Å². The van der Waals surface area contributed by atoms with E-state index in [9.17, 15) is 4.79 Å². The number of carbonyl (C=O) groups is 1. The average Bonchev–Trinajstić information content (AvgIpc) is 2.91. The van der Waals surface area contributed by atoms with Gasteiger partial charge in [-0.05, 0) is 46.1 Å². The van der Waals surface area contributed by atoms with E-state index in [0.717, 1.165) is 25.0 Å². The quantitative estimate of drug-likeness (QED) is 0.846. The number of ether oxygens (including phenoxy) is 2. The summed E-state index contributed by atoms with van der Waals surface area (Å²) in [6.07, 6.45) is 1.92. The average molecular weight is 305 g/mol. The molecule has 1 amide bonds. The molecule has 1 atom stereocenters. The standard InChI is InChI=1S/C18H27NO3/c1-14-7-9-15(10-8-14)12-19(13-16-6-5-11-21-16)17(20)22-18(2,3)4/h7-10,16H,5-6,11-13H2,1-4H3. The van der Waals surface area contributed by atoms with Crippen molar-refractivity contribution in [3.05, 3.63) is 35.4 Å². The van der Waals surface area contributed by atoms with Gasteiger partial charge >= 0.3 is 6.09 Å². The van der Waals surface area contributed by atoms with Gasteiger partial charge in [-0.2, -0.15) is 0 Å². The first-order valence-electron chi connectivity index (χ1n) is 7.98. The summed E-state index contributed by atoms with van der Waals surface area (Å²) < 4.78 is 11.2. The molecule has 1 unspecified atom stereocenters. The third-order valence-corrected chi connectivity index (χ3v) is 3.59. The molecule has 1 fully saturated rings. The van der Waals surface area contributed by atoms with Crippen LogP contribution in [0.15, 0.2) is 24.3 Å². The van der Waals surface area contributed by atoms with Crippen LogP contribution in [0, 0.1) is 6.92 Å². The zero-order valence-electron chi connectivity index (χ0n) is 14.1. The van der Waals surface area contributed by atoms with Crippen molar-refractivity contribution in [3.63, 3.8) is 0 Å². The molecule has 1 aromatic rings. The van der Waals surface area contributed by atoms with Crippen LogP contribution in [0.25, 0.3) is 0 Å². The molecule has 1 aliphatic heterocycles. The molecule has 0 radical (unpaired) electrons. The van der Waals surface area contributed by atoms with Crippen LogP contribution >= 0.6 is 0 Å². The highest BCUT2D eigenvalue weighted by molar-refractivity contribution is 5.68. The predicted octanol–water partition coefficient (Wildman–Crippen LogP) is 3.91. The maximum Gasteiger partial charge on any atom is 0.410 e. The van der Waals surface area contributed by atoms with Crippen molar-refractivity contribution in [1.29, 1.82) is 0 Å². The second kappa shape index (κ2) is 7.14. The first-order valence-corrected chi connectivity index (χ1v) is 7.98. The fraction of sp³-hybridized carbons (Fsp3) is 0.611. The number of amides is 1. The van der Waals surface area contributed by atoms with Crippen LogP contribution in [0.2, 0.25) is 0 Å². The van der Waals surface area contributed by atoms with Crippen LogP contribution in [-0.4, -0.2) is 35.8 Å². The summed E-state index contributed by atoms with van der Waals surface area (Å²) in [7, 11) is 0. The van der Waals surface area contributed by atoms with Crippen molar-refractivity contribution in [1.82, 2.24) is 4.90 Å². The third kappa shape index (κ3) is 5.34. The fourth-order valence-electron chi connectivity index (χ4n) is 2.48. The normalized spacial score (nSPS) is 18.3. The lowest BCUT2D eigenvalue weighted by molar-refractivity contribution is 0.00860. The van der Waals surface area contributed by atoms with Crippen molar-refractivity contribution in [2.24, 2.45) is 0 Å². The van der Waals surface area contributed by atoms with Crippen LogP contribution in [0.1, 0.15) is 44.7 Å². The van der Waals surface area contributed by atoms with E-state index in [-0.39, 0.29) is 12.2 Å². The maximum absolute atomic E-state index is 12.5. The lowest BCUT2D eigenvalue weighted by Crippen LogP contribution is -2.40. The van der Waals surface area contributed by atoms with E-state index in [1.54, 1.807) is 4.90 Å². The Labute approximate surface area is 133 Å². The first-order chi connectivity index (χ1) is 10.3. The smallest absolute Gasteiger partial charge is 0.410 e. The summed E-state index contributed by atoms with van der Waals surface area (Å²) in [6.45, 7) is 9.65. The van der Waals surface area contributed by atoms with E-state index in [1.807, 2.05) is 20.8 Å². The van der Waals surface area contributed by atoms with E-state index >= 15 is 0 Å². The molecule has 22 heavy (non-hydrogen) atoms. The number of rotatable bonds is 4. The summed E-state index contributed by atoms with van der Waals surface area (Å²) in [5.41, 5.74) is 1.83. The zero-order valence-corrected chi connectivity index (χ0v) is 14.1. The minimum absolute atomic E-state index is 0.123. The van der Waals surface area contributed by atoms with E-state index < -0.39 is 5.60 Å². The van der Waals surface area contributed by atoms with Gasteiger partial charge in [0.05, 0.1) is 12.6 Å². The van der Waals surface area contributed by atoms with Crippen molar-refractivity contribution >= 4 is 6.09 Å². The highest BCUT2D eigenvalue weighted by Crippen LogP contribution is 2.18. The molecular formula is C18H27NO3. The number of nitrogens with zero attached hydrogens (tertiary/aromatic N) is 1. The van der Waals surface area contributed by atoms with Gasteiger partial charge in [0, 0.05) is 13.2 Å². The minimum Gasteiger partial charge on any atom is -0.444 e. The van der Waals surface area contributed by atoms with Crippen LogP contribution in [0.4, 0.5) is 4.79 Å². The van der Waals surface area contributed by atoms with Gasteiger partial charge in [-0.3, -0.25) is 0 Å². The number of hydrogen-bond acceptors (Lipinski definition) is 3. The predicted molar refractivity (Wildman–Crippen MR) is 86.8 cm³/mol. The summed E-state index contributed by atoms with van der Waals surface area (Å²) >= 11 is 0. The Morgan fingerprint density at radius 2 is 2.00 bits per heavy atom. The maximum atomic E-state index is 12.5. The van der Waals surface area contributed by atoms with Crippen LogP contribution in [0.3, 0.4) is 0 Å². The van der Waals surface area contributed by atoms with Crippen LogP contribution in [-0.2, 0) is 16.0 Å². The Hall–Kier alpha value is -1.55. The molecule has 0 aliphatic carbocycles. The van der Waals surface area contributed by atoms with Gasteiger partial charge < -0.3 is 14.4 Å². The van der Waals surface area contributed by atoms with Gasteiger partial charge in [0.25, 0.3) is 0 Å². The highest BCUT2D eigenvalue weighted by atomic mass is 16.6. The molecule has 2 rings (SSSR count). The van der Waals surface area contributed by atoms with Gasteiger partial charge in [0.1, 0.15) is 5.60 Å². The lowest BCUT2D eigenvalue weighted by atomic mass is 10.1. The van der Waals surface area contributed by atoms with Crippen LogP contribution < -0.4 is 0 Å². The SMILES string of the molecule is Cc1ccc(CN(CC2CCCO2)C(=O)OC(C)(C)C)cc1. The summed E-state index contributed by atoms with van der Waals surface area (Å²) in [5.74, 6) is 0. The molecule has 0 spiro atoms. The molecule has 1 heterocycles. The van der Waals surface area contributed by atoms with Crippen molar-refractivity contribution in [2.45, 2.75) is 58.8 Å². The largest absolute Gasteiger partial charge is 0.444 e. The molecule has 1 saturated heterocycles. The number of hydrogen-bond donors (Lipinski definition) is 0. The van der Waals surface area contributed by atoms with Gasteiger partial charge in [-0.15, -0.1) is 0 Å². The number of benzene rings is 1. The van der Waals surface area contributed by atoms with Crippen molar-refractivity contribution in [3.8, 4) is 0 Å². The van der Waals surface area contributed by atoms with Crippen molar-refractivity contribution in [2.75, 3.05) is 13.2 Å². The van der Waals surface area contributed by atoms with Gasteiger partial charge in [0.15, 0.2) is 0 Å². The molecular weight excluding hydrogens is 278 g/mol. The summed E-state index contributed by atoms with van der Waals surface area (Å²) in [4.78, 5) is 14.2. The Kier molecular flexibility index (Phi) is 5.46. The van der Waals surface area contributed by atoms with E-state index in [4.69, 9.17) is 9.47 Å². The second-order valence-corrected chi connectivity index (χ2v) is 6.98. The number of carbonyl (C=O) groups excluding carboxylic acids is 1. The molecule has 4 heteroatoms. The fourth-order valence-corrected chi connectivity index (χ4v) is 2.48. The number of aryl methyl sites for hydroxylation is 1. The highest BCUT2D eigenvalue weighted by Gasteiger charge is 2.26. The second-order valence-electron chi connectivity index (χ2n) is 6.98. The Bertz CT molecular complexity index is 484. The van der Waals surface area contributed by atoms with Crippen LogP contribution in [0.5, 0.6) is 0 Å². The van der Waals surface area contributed by atoms with Gasteiger partial charge in [-0.1, -0.05) is 29.8 Å². The molecule has 0 aromatic heterocycles. The Morgan fingerprint density at radius 3 is 2.55 bits per heavy atom. The molecule has 0 saturated carbocycles. The Balaban J connectivity index is 2.05. The lowest BCUT2D eigenvalue weighted by Gasteiger charge is -2.29. The monoisotopic (exact) mass is 305 g/mol. The summed E-state index contributed by atoms with van der Waals surface area (Å²) in [6, 6.07) is 8.24. The zero-order chi connectivity index (χ0) is 16.2. The van der Waals surface area contributed by atoms with E-state index in [0.29, 0.717) is 13.1 Å². The van der Waals surface area contributed by atoms with Gasteiger partial charge in [-0.25, -0.2) is 4.79 Å². The molecule has 4 nitrogen and oxygen atoms in total. The Morgan fingerprint density at radius 1 is 1.32 bits per heavy atom. The molecule has 0 bridgehead atoms. The first kappa shape index (κ1) is 16.8. The topological polar surface area (TPSA) is 38.8 Å². The van der Waals surface area contributed by atoms with Gasteiger partial charge in [0.2, 0.25) is 0 Å². The minimum atomic E-state index is -0.487. The third-order valence-electron chi connectivity index (χ3n) is 3.59. The summed E-state index contributed by atoms with van der Waals surface area (Å²) in [5, 5.41) is 0. The molecule has 0 N–H and O–H groups in total.